The predicted molar refractivity (Wildman–Crippen MR) is 128 cm³/mol. The highest BCUT2D eigenvalue weighted by Gasteiger charge is 2.15. The van der Waals surface area contributed by atoms with Crippen molar-refractivity contribution in [1.29, 1.82) is 0 Å². The van der Waals surface area contributed by atoms with Gasteiger partial charge in [0, 0.05) is 21.0 Å². The molecule has 0 saturated heterocycles. The molecule has 0 aliphatic carbocycles. The third-order valence-electron chi connectivity index (χ3n) is 5.47. The van der Waals surface area contributed by atoms with Crippen LogP contribution in [0.15, 0.2) is 91.0 Å². The molecule has 142 valence electrons. The molecule has 30 heavy (non-hydrogen) atoms. The molecule has 0 atom stereocenters. The van der Waals surface area contributed by atoms with Crippen LogP contribution in [0, 0.1) is 0 Å². The lowest BCUT2D eigenvalue weighted by atomic mass is 9.96. The molecule has 0 bridgehead atoms. The maximum absolute atomic E-state index is 6.28. The molecule has 6 rings (SSSR count). The molecule has 0 aliphatic heterocycles. The van der Waals surface area contributed by atoms with Crippen LogP contribution in [0.3, 0.4) is 0 Å². The molecule has 4 heteroatoms. The summed E-state index contributed by atoms with van der Waals surface area (Å²) in [6.07, 6.45) is 0. The van der Waals surface area contributed by atoms with Gasteiger partial charge in [0.25, 0.3) is 0 Å². The fraction of sp³-hybridized carbons (Fsp3) is 0. The van der Waals surface area contributed by atoms with Gasteiger partial charge in [-0.25, -0.2) is 9.97 Å². The first kappa shape index (κ1) is 17.6. The number of hydrogen-bond acceptors (Lipinski definition) is 3. The summed E-state index contributed by atoms with van der Waals surface area (Å²) < 4.78 is 1.19. The lowest BCUT2D eigenvalue weighted by Gasteiger charge is -2.09. The topological polar surface area (TPSA) is 25.8 Å². The summed E-state index contributed by atoms with van der Waals surface area (Å²) in [5, 5.41) is 5.01. The molecule has 0 radical (unpaired) electrons. The van der Waals surface area contributed by atoms with Crippen LogP contribution < -0.4 is 0 Å². The largest absolute Gasteiger partial charge is 0.224 e. The number of hydrogen-bond donors (Lipinski definition) is 0. The van der Waals surface area contributed by atoms with Crippen molar-refractivity contribution in [2.24, 2.45) is 0 Å². The van der Waals surface area contributed by atoms with Gasteiger partial charge in [-0.15, -0.1) is 11.3 Å². The lowest BCUT2D eigenvalue weighted by Crippen LogP contribution is -1.89. The molecule has 0 saturated carbocycles. The minimum absolute atomic E-state index is 0.280. The van der Waals surface area contributed by atoms with Crippen LogP contribution >= 0.6 is 22.9 Å². The number of thiophene rings is 1. The molecule has 0 spiro atoms. The molecule has 0 amide bonds. The first-order valence-electron chi connectivity index (χ1n) is 9.71. The lowest BCUT2D eigenvalue weighted by molar-refractivity contribution is 1.24. The number of benzene rings is 4. The Kier molecular flexibility index (Phi) is 4.05. The predicted octanol–water partition coefficient (Wildman–Crippen LogP) is 7.99. The summed E-state index contributed by atoms with van der Waals surface area (Å²) in [6, 6.07) is 31.8. The van der Waals surface area contributed by atoms with Gasteiger partial charge in [-0.05, 0) is 39.6 Å². The summed E-state index contributed by atoms with van der Waals surface area (Å²) in [7, 11) is 0. The Bertz CT molecular complexity index is 1550. The van der Waals surface area contributed by atoms with Crippen LogP contribution in [-0.4, -0.2) is 9.97 Å². The van der Waals surface area contributed by atoms with Crippen molar-refractivity contribution < 1.29 is 0 Å². The molecule has 0 fully saturated rings. The van der Waals surface area contributed by atoms with E-state index in [2.05, 4.69) is 94.9 Å². The molecular formula is C26H15ClN2S. The molecule has 6 aromatic rings. The minimum Gasteiger partial charge on any atom is -0.217 e. The van der Waals surface area contributed by atoms with Gasteiger partial charge in [-0.1, -0.05) is 84.9 Å². The summed E-state index contributed by atoms with van der Waals surface area (Å²) >= 11 is 7.93. The van der Waals surface area contributed by atoms with Crippen LogP contribution in [0.25, 0.3) is 53.5 Å². The monoisotopic (exact) mass is 422 g/mol. The summed E-state index contributed by atoms with van der Waals surface area (Å²) in [5.41, 5.74) is 4.33. The Morgan fingerprint density at radius 1 is 0.633 bits per heavy atom. The minimum atomic E-state index is 0.280. The Hall–Kier alpha value is -3.27. The quantitative estimate of drug-likeness (QED) is 0.264. The van der Waals surface area contributed by atoms with Gasteiger partial charge in [0.1, 0.15) is 4.83 Å². The van der Waals surface area contributed by atoms with E-state index >= 15 is 0 Å². The average Bonchev–Trinajstić information content (AvgIpc) is 3.16. The van der Waals surface area contributed by atoms with Gasteiger partial charge in [0.05, 0.1) is 5.69 Å². The zero-order valence-electron chi connectivity index (χ0n) is 15.8. The Morgan fingerprint density at radius 2 is 1.33 bits per heavy atom. The van der Waals surface area contributed by atoms with Crippen LogP contribution in [0.5, 0.6) is 0 Å². The summed E-state index contributed by atoms with van der Waals surface area (Å²) in [5.74, 6) is 0. The third kappa shape index (κ3) is 2.78. The van der Waals surface area contributed by atoms with Gasteiger partial charge in [-0.3, -0.25) is 0 Å². The van der Waals surface area contributed by atoms with E-state index in [1.165, 1.54) is 32.0 Å². The fourth-order valence-corrected chi connectivity index (χ4v) is 5.39. The van der Waals surface area contributed by atoms with E-state index in [4.69, 9.17) is 11.6 Å². The smallest absolute Gasteiger partial charge is 0.217 e. The molecule has 0 unspecified atom stereocenters. The van der Waals surface area contributed by atoms with E-state index in [9.17, 15) is 0 Å². The van der Waals surface area contributed by atoms with Gasteiger partial charge in [0.2, 0.25) is 5.28 Å². The van der Waals surface area contributed by atoms with Gasteiger partial charge in [-0.2, -0.15) is 0 Å². The van der Waals surface area contributed by atoms with Crippen LogP contribution in [0.4, 0.5) is 0 Å². The molecule has 2 aromatic heterocycles. The molecule has 2 heterocycles. The van der Waals surface area contributed by atoms with Gasteiger partial charge in [0.15, 0.2) is 0 Å². The van der Waals surface area contributed by atoms with Crippen LogP contribution in [0.1, 0.15) is 0 Å². The highest BCUT2D eigenvalue weighted by atomic mass is 35.5. The maximum Gasteiger partial charge on any atom is 0.224 e. The van der Waals surface area contributed by atoms with Crippen molar-refractivity contribution in [2.45, 2.75) is 0 Å². The second kappa shape index (κ2) is 6.91. The van der Waals surface area contributed by atoms with Crippen molar-refractivity contribution in [2.75, 3.05) is 0 Å². The van der Waals surface area contributed by atoms with Crippen molar-refractivity contribution in [1.82, 2.24) is 9.97 Å². The number of halogens is 1. The maximum atomic E-state index is 6.28. The number of rotatable bonds is 2. The van der Waals surface area contributed by atoms with Gasteiger partial charge >= 0.3 is 0 Å². The Morgan fingerprint density at radius 3 is 2.20 bits per heavy atom. The zero-order chi connectivity index (χ0) is 20.1. The fourth-order valence-electron chi connectivity index (χ4n) is 4.09. The zero-order valence-corrected chi connectivity index (χ0v) is 17.4. The summed E-state index contributed by atoms with van der Waals surface area (Å²) in [6.45, 7) is 0. The molecular weight excluding hydrogens is 408 g/mol. The van der Waals surface area contributed by atoms with E-state index < -0.39 is 0 Å². The van der Waals surface area contributed by atoms with Crippen LogP contribution in [0.2, 0.25) is 5.28 Å². The normalized spacial score (nSPS) is 11.5. The van der Waals surface area contributed by atoms with Crippen molar-refractivity contribution >= 4 is 54.0 Å². The van der Waals surface area contributed by atoms with Crippen molar-refractivity contribution in [3.8, 4) is 22.4 Å². The number of aromatic nitrogens is 2. The second-order valence-corrected chi connectivity index (χ2v) is 8.59. The second-order valence-electron chi connectivity index (χ2n) is 7.22. The van der Waals surface area contributed by atoms with Gasteiger partial charge < -0.3 is 0 Å². The van der Waals surface area contributed by atoms with E-state index in [0.29, 0.717) is 0 Å². The van der Waals surface area contributed by atoms with Crippen molar-refractivity contribution in [3.63, 3.8) is 0 Å². The van der Waals surface area contributed by atoms with Crippen molar-refractivity contribution in [3.05, 3.63) is 96.3 Å². The first-order valence-corrected chi connectivity index (χ1v) is 10.9. The van der Waals surface area contributed by atoms with Crippen LogP contribution in [-0.2, 0) is 0 Å². The number of fused-ring (bicyclic) bond motifs is 4. The number of nitrogens with zero attached hydrogens (tertiary/aromatic N) is 2. The Balaban J connectivity index is 1.54. The van der Waals surface area contributed by atoms with E-state index in [1.54, 1.807) is 11.3 Å². The highest BCUT2D eigenvalue weighted by Crippen LogP contribution is 2.39. The average molecular weight is 423 g/mol. The standard InChI is InChI=1S/C26H15ClN2S/c27-26-28-24(23-21-9-3-4-11-22(21)30-25(23)29-26)18-14-12-17(13-15-18)20-10-5-7-16-6-1-2-8-19(16)20/h1-15H. The molecule has 2 nitrogen and oxygen atoms in total. The molecule has 0 N–H and O–H groups in total. The molecule has 4 aromatic carbocycles. The van der Waals surface area contributed by atoms with E-state index in [0.717, 1.165) is 21.5 Å². The van der Waals surface area contributed by atoms with E-state index in [-0.39, 0.29) is 5.28 Å². The third-order valence-corrected chi connectivity index (χ3v) is 6.70. The summed E-state index contributed by atoms with van der Waals surface area (Å²) in [4.78, 5) is 10.00. The highest BCUT2D eigenvalue weighted by molar-refractivity contribution is 7.25. The van der Waals surface area contributed by atoms with E-state index in [1.807, 2.05) is 6.07 Å². The SMILES string of the molecule is Clc1nc(-c2ccc(-c3cccc4ccccc34)cc2)c2c(n1)sc1ccccc12. The Labute approximate surface area is 182 Å². The first-order chi connectivity index (χ1) is 14.8. The molecule has 0 aliphatic rings.